The quantitative estimate of drug-likeness (QED) is 0.908. The minimum atomic E-state index is 0.597. The Labute approximate surface area is 126 Å². The van der Waals surface area contributed by atoms with Gasteiger partial charge in [-0.3, -0.25) is 0 Å². The first-order valence-electron chi connectivity index (χ1n) is 7.96. The fraction of sp³-hybridized carbons (Fsp3) is 0.529. The SMILES string of the molecule is CCC1CCC(NCc2nnc(-c3ccccc3)o2)CC1. The second-order valence-electron chi connectivity index (χ2n) is 5.87. The number of nitrogens with one attached hydrogen (secondary N) is 1. The maximum atomic E-state index is 5.72. The molecule has 3 rings (SSSR count). The lowest BCUT2D eigenvalue weighted by Gasteiger charge is -2.28. The summed E-state index contributed by atoms with van der Waals surface area (Å²) >= 11 is 0. The second kappa shape index (κ2) is 6.85. The Bertz CT molecular complexity index is 544. The predicted molar refractivity (Wildman–Crippen MR) is 82.6 cm³/mol. The minimum Gasteiger partial charge on any atom is -0.419 e. The van der Waals surface area contributed by atoms with Crippen LogP contribution in [0, 0.1) is 5.92 Å². The topological polar surface area (TPSA) is 51.0 Å². The van der Waals surface area contributed by atoms with Gasteiger partial charge in [-0.2, -0.15) is 0 Å². The smallest absolute Gasteiger partial charge is 0.247 e. The van der Waals surface area contributed by atoms with Gasteiger partial charge >= 0.3 is 0 Å². The number of aromatic nitrogens is 2. The third-order valence-electron chi connectivity index (χ3n) is 4.45. The van der Waals surface area contributed by atoms with Crippen molar-refractivity contribution in [2.75, 3.05) is 0 Å². The standard InChI is InChI=1S/C17H23N3O/c1-2-13-8-10-15(11-9-13)18-12-16-19-20-17(21-16)14-6-4-3-5-7-14/h3-7,13,15,18H,2,8-12H2,1H3. The van der Waals surface area contributed by atoms with Crippen molar-refractivity contribution in [1.29, 1.82) is 0 Å². The molecular weight excluding hydrogens is 262 g/mol. The Morgan fingerprint density at radius 2 is 1.86 bits per heavy atom. The van der Waals surface area contributed by atoms with Gasteiger partial charge in [0.25, 0.3) is 0 Å². The predicted octanol–water partition coefficient (Wildman–Crippen LogP) is 3.80. The lowest BCUT2D eigenvalue weighted by Crippen LogP contribution is -2.32. The van der Waals surface area contributed by atoms with Crippen LogP contribution in [0.4, 0.5) is 0 Å². The lowest BCUT2D eigenvalue weighted by atomic mass is 9.84. The lowest BCUT2D eigenvalue weighted by molar-refractivity contribution is 0.279. The van der Waals surface area contributed by atoms with Gasteiger partial charge in [0.15, 0.2) is 0 Å². The summed E-state index contributed by atoms with van der Waals surface area (Å²) in [5.41, 5.74) is 0.972. The van der Waals surface area contributed by atoms with E-state index in [-0.39, 0.29) is 0 Å². The van der Waals surface area contributed by atoms with Gasteiger partial charge in [-0.15, -0.1) is 10.2 Å². The molecular formula is C17H23N3O. The highest BCUT2D eigenvalue weighted by Crippen LogP contribution is 2.26. The summed E-state index contributed by atoms with van der Waals surface area (Å²) in [6, 6.07) is 10.5. The van der Waals surface area contributed by atoms with Crippen LogP contribution in [0.25, 0.3) is 11.5 Å². The molecule has 0 atom stereocenters. The molecule has 1 N–H and O–H groups in total. The summed E-state index contributed by atoms with van der Waals surface area (Å²) in [5, 5.41) is 11.8. The summed E-state index contributed by atoms with van der Waals surface area (Å²) in [6.07, 6.45) is 6.52. The molecule has 0 aliphatic heterocycles. The van der Waals surface area contributed by atoms with Crippen LogP contribution in [0.3, 0.4) is 0 Å². The van der Waals surface area contributed by atoms with E-state index < -0.39 is 0 Å². The average molecular weight is 285 g/mol. The summed E-state index contributed by atoms with van der Waals surface area (Å²) in [6.45, 7) is 2.96. The van der Waals surface area contributed by atoms with Gasteiger partial charge in [-0.25, -0.2) is 0 Å². The molecule has 0 saturated heterocycles. The van der Waals surface area contributed by atoms with Crippen molar-refractivity contribution in [3.8, 4) is 11.5 Å². The third-order valence-corrected chi connectivity index (χ3v) is 4.45. The molecule has 1 fully saturated rings. The highest BCUT2D eigenvalue weighted by atomic mass is 16.4. The van der Waals surface area contributed by atoms with E-state index >= 15 is 0 Å². The molecule has 0 unspecified atom stereocenters. The number of rotatable bonds is 5. The first-order valence-corrected chi connectivity index (χ1v) is 7.96. The van der Waals surface area contributed by atoms with E-state index in [1.54, 1.807) is 0 Å². The average Bonchev–Trinajstić information content (AvgIpc) is 3.03. The maximum absolute atomic E-state index is 5.72. The van der Waals surface area contributed by atoms with Gasteiger partial charge < -0.3 is 9.73 Å². The van der Waals surface area contributed by atoms with Gasteiger partial charge in [0.2, 0.25) is 11.8 Å². The molecule has 1 heterocycles. The summed E-state index contributed by atoms with van der Waals surface area (Å²) in [7, 11) is 0. The van der Waals surface area contributed by atoms with Crippen LogP contribution in [0.15, 0.2) is 34.7 Å². The fourth-order valence-electron chi connectivity index (χ4n) is 3.03. The zero-order chi connectivity index (χ0) is 14.5. The van der Waals surface area contributed by atoms with Crippen LogP contribution in [-0.4, -0.2) is 16.2 Å². The Morgan fingerprint density at radius 3 is 2.57 bits per heavy atom. The molecule has 0 radical (unpaired) electrons. The van der Waals surface area contributed by atoms with E-state index in [0.717, 1.165) is 11.5 Å². The van der Waals surface area contributed by atoms with Crippen LogP contribution < -0.4 is 5.32 Å². The monoisotopic (exact) mass is 285 g/mol. The molecule has 21 heavy (non-hydrogen) atoms. The van der Waals surface area contributed by atoms with E-state index in [9.17, 15) is 0 Å². The molecule has 0 spiro atoms. The minimum absolute atomic E-state index is 0.597. The summed E-state index contributed by atoms with van der Waals surface area (Å²) in [5.74, 6) is 2.20. The first-order chi connectivity index (χ1) is 10.3. The maximum Gasteiger partial charge on any atom is 0.247 e. The number of benzene rings is 1. The van der Waals surface area contributed by atoms with Crippen LogP contribution in [-0.2, 0) is 6.54 Å². The molecule has 1 aliphatic rings. The molecule has 0 amide bonds. The Balaban J connectivity index is 1.52. The van der Waals surface area contributed by atoms with Crippen LogP contribution in [0.1, 0.15) is 44.9 Å². The van der Waals surface area contributed by atoms with Crippen molar-refractivity contribution in [1.82, 2.24) is 15.5 Å². The molecule has 1 saturated carbocycles. The van der Waals surface area contributed by atoms with Gasteiger partial charge in [0, 0.05) is 11.6 Å². The molecule has 0 bridgehead atoms. The molecule has 1 aliphatic carbocycles. The van der Waals surface area contributed by atoms with Crippen molar-refractivity contribution in [2.24, 2.45) is 5.92 Å². The van der Waals surface area contributed by atoms with Crippen molar-refractivity contribution in [2.45, 2.75) is 51.6 Å². The fourth-order valence-corrected chi connectivity index (χ4v) is 3.03. The first kappa shape index (κ1) is 14.3. The van der Waals surface area contributed by atoms with E-state index in [4.69, 9.17) is 4.42 Å². The molecule has 4 heteroatoms. The van der Waals surface area contributed by atoms with E-state index in [2.05, 4.69) is 22.4 Å². The third kappa shape index (κ3) is 3.70. The highest BCUT2D eigenvalue weighted by molar-refractivity contribution is 5.51. The van der Waals surface area contributed by atoms with Crippen LogP contribution >= 0.6 is 0 Å². The van der Waals surface area contributed by atoms with Crippen molar-refractivity contribution in [3.63, 3.8) is 0 Å². The zero-order valence-corrected chi connectivity index (χ0v) is 12.6. The Hall–Kier alpha value is -1.68. The van der Waals surface area contributed by atoms with Crippen molar-refractivity contribution < 1.29 is 4.42 Å². The largest absolute Gasteiger partial charge is 0.419 e. The Kier molecular flexibility index (Phi) is 4.65. The van der Waals surface area contributed by atoms with Gasteiger partial charge in [-0.1, -0.05) is 31.5 Å². The molecule has 2 aromatic rings. The number of hydrogen-bond acceptors (Lipinski definition) is 4. The van der Waals surface area contributed by atoms with Gasteiger partial charge in [-0.05, 0) is 43.7 Å². The summed E-state index contributed by atoms with van der Waals surface area (Å²) < 4.78 is 5.72. The number of hydrogen-bond donors (Lipinski definition) is 1. The zero-order valence-electron chi connectivity index (χ0n) is 12.6. The van der Waals surface area contributed by atoms with E-state index in [0.29, 0.717) is 24.4 Å². The van der Waals surface area contributed by atoms with Crippen molar-refractivity contribution in [3.05, 3.63) is 36.2 Å². The van der Waals surface area contributed by atoms with Gasteiger partial charge in [0.1, 0.15) is 0 Å². The normalized spacial score (nSPS) is 22.3. The Morgan fingerprint density at radius 1 is 1.10 bits per heavy atom. The number of nitrogens with zero attached hydrogens (tertiary/aromatic N) is 2. The van der Waals surface area contributed by atoms with Crippen molar-refractivity contribution >= 4 is 0 Å². The van der Waals surface area contributed by atoms with E-state index in [1.165, 1.54) is 32.1 Å². The summed E-state index contributed by atoms with van der Waals surface area (Å²) in [4.78, 5) is 0. The van der Waals surface area contributed by atoms with E-state index in [1.807, 2.05) is 30.3 Å². The molecule has 1 aromatic heterocycles. The highest BCUT2D eigenvalue weighted by Gasteiger charge is 2.20. The van der Waals surface area contributed by atoms with Gasteiger partial charge in [0.05, 0.1) is 6.54 Å². The van der Waals surface area contributed by atoms with Crippen LogP contribution in [0.5, 0.6) is 0 Å². The molecule has 1 aromatic carbocycles. The molecule has 112 valence electrons. The van der Waals surface area contributed by atoms with Crippen LogP contribution in [0.2, 0.25) is 0 Å². The molecule has 4 nitrogen and oxygen atoms in total. The second-order valence-corrected chi connectivity index (χ2v) is 5.87.